The molecule has 0 amide bonds. The van der Waals surface area contributed by atoms with E-state index in [9.17, 15) is 0 Å². The lowest BCUT2D eigenvalue weighted by Crippen LogP contribution is -2.11. The average Bonchev–Trinajstić information content (AvgIpc) is 2.85. The zero-order chi connectivity index (χ0) is 12.8. The number of tetrazole rings is 1. The number of nitrogens with zero attached hydrogens (tertiary/aromatic N) is 4. The number of hydrogen-bond donors (Lipinski definition) is 1. The summed E-state index contributed by atoms with van der Waals surface area (Å²) < 4.78 is 0. The van der Waals surface area contributed by atoms with Crippen LogP contribution in [0.5, 0.6) is 0 Å². The molecule has 2 rings (SSSR count). The van der Waals surface area contributed by atoms with Crippen LogP contribution in [0.25, 0.3) is 0 Å². The summed E-state index contributed by atoms with van der Waals surface area (Å²) in [5, 5.41) is 15.5. The first-order chi connectivity index (χ1) is 8.81. The summed E-state index contributed by atoms with van der Waals surface area (Å²) in [4.78, 5) is 2.90. The van der Waals surface area contributed by atoms with Gasteiger partial charge < -0.3 is 5.32 Å². The van der Waals surface area contributed by atoms with Crippen LogP contribution in [0.4, 0.5) is 0 Å². The van der Waals surface area contributed by atoms with E-state index in [0.717, 1.165) is 18.8 Å². The van der Waals surface area contributed by atoms with Crippen LogP contribution in [0.3, 0.4) is 0 Å². The maximum atomic E-state index is 4.33. The molecule has 0 bridgehead atoms. The van der Waals surface area contributed by atoms with Gasteiger partial charge in [0, 0.05) is 17.9 Å². The minimum atomic E-state index is 0.668. The maximum Gasteiger partial charge on any atom is 0.176 e. The molecule has 18 heavy (non-hydrogen) atoms. The van der Waals surface area contributed by atoms with Crippen LogP contribution in [0.1, 0.15) is 11.4 Å². The fourth-order valence-electron chi connectivity index (χ4n) is 1.57. The third kappa shape index (κ3) is 3.54. The Hall–Kier alpha value is -1.40. The molecule has 96 valence electrons. The predicted molar refractivity (Wildman–Crippen MR) is 72.8 cm³/mol. The van der Waals surface area contributed by atoms with Gasteiger partial charge in [-0.15, -0.1) is 22.0 Å². The third-order valence-electron chi connectivity index (χ3n) is 2.58. The molecule has 5 nitrogen and oxygen atoms in total. The van der Waals surface area contributed by atoms with Crippen molar-refractivity contribution in [1.82, 2.24) is 25.5 Å². The van der Waals surface area contributed by atoms with E-state index >= 15 is 0 Å². The Labute approximate surface area is 111 Å². The first kappa shape index (κ1) is 13.0. The standard InChI is InChI=1S/C12H17N5S/c1-13-8-7-12-14-16-17(15-12)9-10-3-5-11(18-2)6-4-10/h3-6,13H,7-9H2,1-2H3. The van der Waals surface area contributed by atoms with Crippen LogP contribution in [-0.4, -0.2) is 40.1 Å². The zero-order valence-corrected chi connectivity index (χ0v) is 11.4. The molecule has 6 heteroatoms. The number of hydrogen-bond acceptors (Lipinski definition) is 5. The molecule has 0 aliphatic rings. The number of rotatable bonds is 6. The molecule has 0 aliphatic carbocycles. The van der Waals surface area contributed by atoms with Crippen LogP contribution in [0, 0.1) is 0 Å². The topological polar surface area (TPSA) is 55.6 Å². The van der Waals surface area contributed by atoms with Gasteiger partial charge in [-0.2, -0.15) is 4.80 Å². The Balaban J connectivity index is 1.97. The van der Waals surface area contributed by atoms with Gasteiger partial charge in [-0.3, -0.25) is 0 Å². The highest BCUT2D eigenvalue weighted by Crippen LogP contribution is 2.15. The van der Waals surface area contributed by atoms with Crippen LogP contribution in [-0.2, 0) is 13.0 Å². The van der Waals surface area contributed by atoms with Crippen molar-refractivity contribution in [2.45, 2.75) is 17.9 Å². The fourth-order valence-corrected chi connectivity index (χ4v) is 1.98. The smallest absolute Gasteiger partial charge is 0.176 e. The number of likely N-dealkylation sites (N-methyl/N-ethyl adjacent to an activating group) is 1. The first-order valence-corrected chi connectivity index (χ1v) is 7.08. The number of benzene rings is 1. The lowest BCUT2D eigenvalue weighted by atomic mass is 10.2. The second-order valence-corrected chi connectivity index (χ2v) is 4.82. The molecule has 1 heterocycles. The highest BCUT2D eigenvalue weighted by molar-refractivity contribution is 7.98. The van der Waals surface area contributed by atoms with Crippen LogP contribution < -0.4 is 5.32 Å². The number of aromatic nitrogens is 4. The largest absolute Gasteiger partial charge is 0.319 e. The summed E-state index contributed by atoms with van der Waals surface area (Å²) in [6.45, 7) is 1.54. The van der Waals surface area contributed by atoms with Gasteiger partial charge in [-0.25, -0.2) is 0 Å². The summed E-state index contributed by atoms with van der Waals surface area (Å²) in [5.41, 5.74) is 1.19. The molecule has 0 spiro atoms. The summed E-state index contributed by atoms with van der Waals surface area (Å²) in [5.74, 6) is 0.782. The molecule has 0 saturated carbocycles. The Morgan fingerprint density at radius 3 is 2.72 bits per heavy atom. The van der Waals surface area contributed by atoms with E-state index in [4.69, 9.17) is 0 Å². The highest BCUT2D eigenvalue weighted by atomic mass is 32.2. The van der Waals surface area contributed by atoms with Gasteiger partial charge in [0.2, 0.25) is 0 Å². The average molecular weight is 263 g/mol. The van der Waals surface area contributed by atoms with E-state index in [0.29, 0.717) is 6.54 Å². The van der Waals surface area contributed by atoms with Crippen molar-refractivity contribution in [3.63, 3.8) is 0 Å². The van der Waals surface area contributed by atoms with Gasteiger partial charge >= 0.3 is 0 Å². The number of nitrogens with one attached hydrogen (secondary N) is 1. The van der Waals surface area contributed by atoms with Crippen molar-refractivity contribution in [2.24, 2.45) is 0 Å². The van der Waals surface area contributed by atoms with Crippen LogP contribution >= 0.6 is 11.8 Å². The van der Waals surface area contributed by atoms with Gasteiger partial charge in [0.25, 0.3) is 0 Å². The molecule has 0 saturated heterocycles. The number of thioether (sulfide) groups is 1. The second kappa shape index (κ2) is 6.51. The maximum absolute atomic E-state index is 4.33. The normalized spacial score (nSPS) is 10.8. The van der Waals surface area contributed by atoms with Gasteiger partial charge in [-0.1, -0.05) is 12.1 Å². The molecule has 1 aromatic carbocycles. The van der Waals surface area contributed by atoms with Crippen molar-refractivity contribution in [1.29, 1.82) is 0 Å². The van der Waals surface area contributed by atoms with Crippen molar-refractivity contribution < 1.29 is 0 Å². The van der Waals surface area contributed by atoms with E-state index in [1.807, 2.05) is 7.05 Å². The molecule has 1 N–H and O–H groups in total. The Bertz CT molecular complexity index is 479. The Kier molecular flexibility index (Phi) is 4.72. The fraction of sp³-hybridized carbons (Fsp3) is 0.417. The Morgan fingerprint density at radius 1 is 1.28 bits per heavy atom. The van der Waals surface area contributed by atoms with E-state index < -0.39 is 0 Å². The molecule has 0 aliphatic heterocycles. The van der Waals surface area contributed by atoms with Crippen molar-refractivity contribution in [3.8, 4) is 0 Å². The van der Waals surface area contributed by atoms with Gasteiger partial charge in [0.05, 0.1) is 6.54 Å². The SMILES string of the molecule is CNCCc1nnn(Cc2ccc(SC)cc2)n1. The van der Waals surface area contributed by atoms with Crippen molar-refractivity contribution in [2.75, 3.05) is 19.8 Å². The van der Waals surface area contributed by atoms with Gasteiger partial charge in [0.1, 0.15) is 0 Å². The quantitative estimate of drug-likeness (QED) is 0.794. The van der Waals surface area contributed by atoms with Gasteiger partial charge in [0.15, 0.2) is 5.82 Å². The minimum Gasteiger partial charge on any atom is -0.319 e. The monoisotopic (exact) mass is 263 g/mol. The molecule has 0 radical (unpaired) electrons. The van der Waals surface area contributed by atoms with E-state index in [2.05, 4.69) is 51.2 Å². The molecular weight excluding hydrogens is 246 g/mol. The summed E-state index contributed by atoms with van der Waals surface area (Å²) in [6.07, 6.45) is 2.88. The van der Waals surface area contributed by atoms with E-state index in [-0.39, 0.29) is 0 Å². The molecule has 0 unspecified atom stereocenters. The lowest BCUT2D eigenvalue weighted by molar-refractivity contribution is 0.569. The van der Waals surface area contributed by atoms with E-state index in [1.165, 1.54) is 10.5 Å². The molecular formula is C12H17N5S. The molecule has 2 aromatic rings. The van der Waals surface area contributed by atoms with Crippen LogP contribution in [0.15, 0.2) is 29.2 Å². The first-order valence-electron chi connectivity index (χ1n) is 5.86. The molecule has 1 aromatic heterocycles. The highest BCUT2D eigenvalue weighted by Gasteiger charge is 2.03. The van der Waals surface area contributed by atoms with Crippen LogP contribution in [0.2, 0.25) is 0 Å². The summed E-state index contributed by atoms with van der Waals surface area (Å²) in [7, 11) is 1.91. The summed E-state index contributed by atoms with van der Waals surface area (Å²) >= 11 is 1.74. The molecule has 0 fully saturated rings. The van der Waals surface area contributed by atoms with Gasteiger partial charge in [-0.05, 0) is 36.2 Å². The third-order valence-corrected chi connectivity index (χ3v) is 3.32. The predicted octanol–water partition coefficient (Wildman–Crippen LogP) is 1.21. The zero-order valence-electron chi connectivity index (χ0n) is 10.6. The van der Waals surface area contributed by atoms with Crippen molar-refractivity contribution >= 4 is 11.8 Å². The Morgan fingerprint density at radius 2 is 2.06 bits per heavy atom. The van der Waals surface area contributed by atoms with Crippen molar-refractivity contribution in [3.05, 3.63) is 35.7 Å². The summed E-state index contributed by atoms with van der Waals surface area (Å²) in [6, 6.07) is 8.42. The van der Waals surface area contributed by atoms with E-state index in [1.54, 1.807) is 16.6 Å². The molecule has 0 atom stereocenters. The second-order valence-electron chi connectivity index (χ2n) is 3.94. The minimum absolute atomic E-state index is 0.668. The lowest BCUT2D eigenvalue weighted by Gasteiger charge is -2.01.